The minimum atomic E-state index is -0.268. The van der Waals surface area contributed by atoms with Crippen LogP contribution in [0.4, 0.5) is 10.1 Å². The van der Waals surface area contributed by atoms with Crippen LogP contribution in [0, 0.1) is 5.82 Å². The van der Waals surface area contributed by atoms with E-state index in [0.29, 0.717) is 10.8 Å². The number of halogens is 1. The zero-order chi connectivity index (χ0) is 13.1. The van der Waals surface area contributed by atoms with Crippen LogP contribution in [0.2, 0.25) is 0 Å². The van der Waals surface area contributed by atoms with Crippen LogP contribution in [0.15, 0.2) is 18.2 Å². The van der Waals surface area contributed by atoms with Gasteiger partial charge in [0.2, 0.25) is 0 Å². The summed E-state index contributed by atoms with van der Waals surface area (Å²) in [5.74, 6) is 0.918. The Morgan fingerprint density at radius 2 is 2.33 bits per heavy atom. The van der Waals surface area contributed by atoms with E-state index in [-0.39, 0.29) is 11.9 Å². The molecule has 18 heavy (non-hydrogen) atoms. The van der Waals surface area contributed by atoms with Gasteiger partial charge in [0.25, 0.3) is 0 Å². The number of rotatable bonds is 3. The Morgan fingerprint density at radius 1 is 1.56 bits per heavy atom. The summed E-state index contributed by atoms with van der Waals surface area (Å²) in [5.41, 5.74) is 7.55. The summed E-state index contributed by atoms with van der Waals surface area (Å²) in [6, 6.07) is 5.00. The molecular formula is C14H21FN2S. The third-order valence-electron chi connectivity index (χ3n) is 3.42. The molecular weight excluding hydrogens is 247 g/mol. The fraction of sp³-hybridized carbons (Fsp3) is 0.571. The van der Waals surface area contributed by atoms with Crippen molar-refractivity contribution in [3.8, 4) is 0 Å². The van der Waals surface area contributed by atoms with Crippen LogP contribution in [-0.2, 0) is 0 Å². The summed E-state index contributed by atoms with van der Waals surface area (Å²) in [5, 5.41) is 0.642. The largest absolute Gasteiger partial charge is 0.369 e. The molecule has 1 fully saturated rings. The first-order chi connectivity index (χ1) is 8.63. The number of hydrogen-bond acceptors (Lipinski definition) is 3. The van der Waals surface area contributed by atoms with Crippen LogP contribution >= 0.6 is 11.8 Å². The Balaban J connectivity index is 2.29. The highest BCUT2D eigenvalue weighted by molar-refractivity contribution is 8.00. The van der Waals surface area contributed by atoms with Crippen LogP contribution in [0.1, 0.15) is 31.9 Å². The van der Waals surface area contributed by atoms with Crippen molar-refractivity contribution in [2.45, 2.75) is 31.6 Å². The number of nitrogens with two attached hydrogens (primary N) is 1. The first-order valence-corrected chi connectivity index (χ1v) is 7.59. The molecule has 4 heteroatoms. The topological polar surface area (TPSA) is 29.3 Å². The van der Waals surface area contributed by atoms with Gasteiger partial charge in [0.15, 0.2) is 0 Å². The third-order valence-corrected chi connectivity index (χ3v) is 4.79. The predicted octanol–water partition coefficient (Wildman–Crippen LogP) is 3.18. The van der Waals surface area contributed by atoms with Gasteiger partial charge in [0.1, 0.15) is 5.82 Å². The molecule has 2 atom stereocenters. The molecule has 0 bridgehead atoms. The van der Waals surface area contributed by atoms with Gasteiger partial charge in [-0.15, -0.1) is 0 Å². The molecule has 1 saturated heterocycles. The van der Waals surface area contributed by atoms with Crippen LogP contribution in [0.3, 0.4) is 0 Å². The molecule has 2 N–H and O–H groups in total. The average molecular weight is 268 g/mol. The normalized spacial score (nSPS) is 22.0. The fourth-order valence-corrected chi connectivity index (χ4v) is 3.62. The summed E-state index contributed by atoms with van der Waals surface area (Å²) < 4.78 is 13.9. The molecule has 1 heterocycles. The minimum absolute atomic E-state index is 0.186. The van der Waals surface area contributed by atoms with Gasteiger partial charge in [0, 0.05) is 41.4 Å². The van der Waals surface area contributed by atoms with Crippen LogP contribution < -0.4 is 10.6 Å². The average Bonchev–Trinajstić information content (AvgIpc) is 2.38. The van der Waals surface area contributed by atoms with Crippen LogP contribution in [0.5, 0.6) is 0 Å². The van der Waals surface area contributed by atoms with Gasteiger partial charge in [-0.1, -0.05) is 13.0 Å². The maximum absolute atomic E-state index is 13.9. The van der Waals surface area contributed by atoms with E-state index in [4.69, 9.17) is 5.73 Å². The van der Waals surface area contributed by atoms with Crippen molar-refractivity contribution in [3.05, 3.63) is 29.6 Å². The van der Waals surface area contributed by atoms with Gasteiger partial charge in [-0.2, -0.15) is 11.8 Å². The number of hydrogen-bond donors (Lipinski definition) is 1. The lowest BCUT2D eigenvalue weighted by atomic mass is 10.0. The molecule has 0 aromatic heterocycles. The SMILES string of the molecule is CCC1CN(c2cccc(F)c2C(C)N)CCS1. The molecule has 2 rings (SSSR count). The van der Waals surface area contributed by atoms with Gasteiger partial charge < -0.3 is 10.6 Å². The van der Waals surface area contributed by atoms with Crippen molar-refractivity contribution in [1.82, 2.24) is 0 Å². The Kier molecular flexibility index (Phi) is 4.51. The molecule has 0 spiro atoms. The monoisotopic (exact) mass is 268 g/mol. The summed E-state index contributed by atoms with van der Waals surface area (Å²) in [4.78, 5) is 2.28. The standard InChI is InChI=1S/C14H21FN2S/c1-3-11-9-17(7-8-18-11)13-6-4-5-12(15)14(13)10(2)16/h4-6,10-11H,3,7-9,16H2,1-2H3. The van der Waals surface area contributed by atoms with Crippen LogP contribution in [0.25, 0.3) is 0 Å². The second-order valence-electron chi connectivity index (χ2n) is 4.81. The van der Waals surface area contributed by atoms with E-state index in [1.807, 2.05) is 24.8 Å². The van der Waals surface area contributed by atoms with Crippen molar-refractivity contribution in [2.75, 3.05) is 23.7 Å². The number of thioether (sulfide) groups is 1. The molecule has 0 aliphatic carbocycles. The maximum Gasteiger partial charge on any atom is 0.130 e. The Bertz CT molecular complexity index is 409. The van der Waals surface area contributed by atoms with Gasteiger partial charge in [-0.3, -0.25) is 0 Å². The third kappa shape index (κ3) is 2.81. The van der Waals surface area contributed by atoms with Gasteiger partial charge in [-0.25, -0.2) is 4.39 Å². The molecule has 2 unspecified atom stereocenters. The second kappa shape index (κ2) is 5.93. The summed E-state index contributed by atoms with van der Waals surface area (Å²) in [7, 11) is 0. The zero-order valence-electron chi connectivity index (χ0n) is 11.0. The first kappa shape index (κ1) is 13.7. The number of nitrogens with zero attached hydrogens (tertiary/aromatic N) is 1. The lowest BCUT2D eigenvalue weighted by Gasteiger charge is -2.35. The number of anilines is 1. The summed E-state index contributed by atoms with van der Waals surface area (Å²) in [6.07, 6.45) is 1.16. The van der Waals surface area contributed by atoms with Gasteiger partial charge >= 0.3 is 0 Å². The van der Waals surface area contributed by atoms with Gasteiger partial charge in [-0.05, 0) is 25.5 Å². The first-order valence-electron chi connectivity index (χ1n) is 6.54. The summed E-state index contributed by atoms with van der Waals surface area (Å²) >= 11 is 2.01. The van der Waals surface area contributed by atoms with Crippen LogP contribution in [-0.4, -0.2) is 24.1 Å². The Labute approximate surface area is 113 Å². The Hall–Kier alpha value is -0.740. The van der Waals surface area contributed by atoms with E-state index in [2.05, 4.69) is 11.8 Å². The number of benzene rings is 1. The molecule has 0 saturated carbocycles. The molecule has 1 aromatic rings. The van der Waals surface area contributed by atoms with Gasteiger partial charge in [0.05, 0.1) is 0 Å². The van der Waals surface area contributed by atoms with E-state index in [0.717, 1.165) is 31.0 Å². The van der Waals surface area contributed by atoms with Crippen molar-refractivity contribution < 1.29 is 4.39 Å². The molecule has 0 radical (unpaired) electrons. The van der Waals surface area contributed by atoms with E-state index < -0.39 is 0 Å². The molecule has 0 amide bonds. The molecule has 1 aliphatic rings. The highest BCUT2D eigenvalue weighted by Gasteiger charge is 2.23. The fourth-order valence-electron chi connectivity index (χ4n) is 2.44. The maximum atomic E-state index is 13.9. The van der Waals surface area contributed by atoms with Crippen molar-refractivity contribution in [1.29, 1.82) is 0 Å². The molecule has 2 nitrogen and oxygen atoms in total. The predicted molar refractivity (Wildman–Crippen MR) is 77.8 cm³/mol. The molecule has 1 aliphatic heterocycles. The Morgan fingerprint density at radius 3 is 3.00 bits per heavy atom. The highest BCUT2D eigenvalue weighted by atomic mass is 32.2. The smallest absolute Gasteiger partial charge is 0.130 e. The van der Waals surface area contributed by atoms with E-state index in [1.165, 1.54) is 6.07 Å². The molecule has 100 valence electrons. The summed E-state index contributed by atoms with van der Waals surface area (Å²) in [6.45, 7) is 6.02. The molecule has 1 aromatic carbocycles. The minimum Gasteiger partial charge on any atom is -0.369 e. The highest BCUT2D eigenvalue weighted by Crippen LogP contribution is 2.31. The van der Waals surface area contributed by atoms with Crippen molar-refractivity contribution in [2.24, 2.45) is 5.73 Å². The zero-order valence-corrected chi connectivity index (χ0v) is 11.8. The van der Waals surface area contributed by atoms with Crippen molar-refractivity contribution >= 4 is 17.4 Å². The van der Waals surface area contributed by atoms with E-state index in [9.17, 15) is 4.39 Å². The van der Waals surface area contributed by atoms with E-state index in [1.54, 1.807) is 6.07 Å². The lowest BCUT2D eigenvalue weighted by molar-refractivity contribution is 0.590. The van der Waals surface area contributed by atoms with E-state index >= 15 is 0 Å². The lowest BCUT2D eigenvalue weighted by Crippen LogP contribution is -2.38. The van der Waals surface area contributed by atoms with Crippen molar-refractivity contribution in [3.63, 3.8) is 0 Å². The quantitative estimate of drug-likeness (QED) is 0.913. The second-order valence-corrected chi connectivity index (χ2v) is 6.22.